The number of rotatable bonds is 3. The van der Waals surface area contributed by atoms with Crippen molar-refractivity contribution in [1.29, 1.82) is 0 Å². The first-order chi connectivity index (χ1) is 9.31. The summed E-state index contributed by atoms with van der Waals surface area (Å²) in [6.07, 6.45) is 2.94. The molecular formula is C14H16ClN3O. The number of aromatic nitrogens is 2. The maximum absolute atomic E-state index is 5.97. The van der Waals surface area contributed by atoms with Gasteiger partial charge in [-0.3, -0.25) is 0 Å². The van der Waals surface area contributed by atoms with E-state index in [1.165, 1.54) is 0 Å². The topological polar surface area (TPSA) is 51.0 Å². The van der Waals surface area contributed by atoms with E-state index in [9.17, 15) is 0 Å². The fourth-order valence-corrected chi connectivity index (χ4v) is 2.61. The van der Waals surface area contributed by atoms with Crippen LogP contribution in [0.3, 0.4) is 0 Å². The summed E-state index contributed by atoms with van der Waals surface area (Å²) in [5, 5.41) is 8.15. The number of hydrogen-bond donors (Lipinski definition) is 1. The third-order valence-electron chi connectivity index (χ3n) is 3.38. The van der Waals surface area contributed by atoms with Crippen LogP contribution in [0.1, 0.15) is 36.0 Å². The zero-order valence-corrected chi connectivity index (χ0v) is 11.4. The van der Waals surface area contributed by atoms with E-state index in [4.69, 9.17) is 16.1 Å². The molecule has 1 N–H and O–H groups in total. The van der Waals surface area contributed by atoms with E-state index in [1.54, 1.807) is 0 Å². The Kier molecular flexibility index (Phi) is 3.80. The highest BCUT2D eigenvalue weighted by Crippen LogP contribution is 2.22. The molecule has 1 aromatic heterocycles. The van der Waals surface area contributed by atoms with Crippen LogP contribution in [0.2, 0.25) is 5.02 Å². The van der Waals surface area contributed by atoms with Crippen molar-refractivity contribution < 1.29 is 4.52 Å². The Labute approximate surface area is 117 Å². The number of hydrogen-bond acceptors (Lipinski definition) is 4. The highest BCUT2D eigenvalue weighted by molar-refractivity contribution is 6.30. The molecule has 4 nitrogen and oxygen atoms in total. The monoisotopic (exact) mass is 277 g/mol. The Morgan fingerprint density at radius 1 is 1.42 bits per heavy atom. The molecule has 1 aliphatic heterocycles. The third kappa shape index (κ3) is 3.14. The van der Waals surface area contributed by atoms with Crippen LogP contribution < -0.4 is 5.32 Å². The second-order valence-electron chi connectivity index (χ2n) is 4.90. The Bertz CT molecular complexity index is 549. The lowest BCUT2D eigenvalue weighted by Gasteiger charge is -2.18. The van der Waals surface area contributed by atoms with Crippen LogP contribution in [-0.4, -0.2) is 23.2 Å². The third-order valence-corrected chi connectivity index (χ3v) is 3.62. The van der Waals surface area contributed by atoms with Gasteiger partial charge >= 0.3 is 0 Å². The standard InChI is InChI=1S/C14H16ClN3O/c15-12-5-1-3-10(7-12)8-13-17-14(19-18-13)11-4-2-6-16-9-11/h1,3,5,7,11,16H,2,4,6,8-9H2/t11-/m0/s1. The normalized spacial score (nSPS) is 19.5. The summed E-state index contributed by atoms with van der Waals surface area (Å²) in [5.74, 6) is 1.83. The SMILES string of the molecule is Clc1cccc(Cc2noc([C@H]3CCCNC3)n2)c1. The van der Waals surface area contributed by atoms with Crippen molar-refractivity contribution in [3.05, 3.63) is 46.6 Å². The van der Waals surface area contributed by atoms with Gasteiger partial charge in [-0.05, 0) is 37.1 Å². The largest absolute Gasteiger partial charge is 0.339 e. The molecule has 0 aliphatic carbocycles. The number of nitrogens with zero attached hydrogens (tertiary/aromatic N) is 2. The first kappa shape index (κ1) is 12.6. The Morgan fingerprint density at radius 2 is 2.37 bits per heavy atom. The van der Waals surface area contributed by atoms with Gasteiger partial charge in [-0.25, -0.2) is 0 Å². The van der Waals surface area contributed by atoms with Crippen LogP contribution in [0.5, 0.6) is 0 Å². The Balaban J connectivity index is 1.70. The van der Waals surface area contributed by atoms with Crippen LogP contribution in [0.25, 0.3) is 0 Å². The summed E-state index contributed by atoms with van der Waals surface area (Å²) >= 11 is 5.97. The van der Waals surface area contributed by atoms with Crippen molar-refractivity contribution >= 4 is 11.6 Å². The van der Waals surface area contributed by atoms with Crippen LogP contribution in [0, 0.1) is 0 Å². The first-order valence-electron chi connectivity index (χ1n) is 6.59. The summed E-state index contributed by atoms with van der Waals surface area (Å²) in [4.78, 5) is 4.50. The van der Waals surface area contributed by atoms with Gasteiger partial charge in [0.05, 0.1) is 5.92 Å². The van der Waals surface area contributed by atoms with E-state index in [0.717, 1.165) is 48.2 Å². The molecule has 1 aromatic carbocycles. The van der Waals surface area contributed by atoms with E-state index < -0.39 is 0 Å². The minimum Gasteiger partial charge on any atom is -0.339 e. The molecule has 2 aromatic rings. The smallest absolute Gasteiger partial charge is 0.231 e. The molecule has 100 valence electrons. The van der Waals surface area contributed by atoms with E-state index in [-0.39, 0.29) is 0 Å². The van der Waals surface area contributed by atoms with Gasteiger partial charge in [0, 0.05) is 18.0 Å². The minimum absolute atomic E-state index is 0.356. The van der Waals surface area contributed by atoms with Crippen LogP contribution in [0.15, 0.2) is 28.8 Å². The van der Waals surface area contributed by atoms with E-state index in [1.807, 2.05) is 24.3 Å². The average Bonchev–Trinajstić information content (AvgIpc) is 2.88. The van der Waals surface area contributed by atoms with Crippen molar-refractivity contribution in [1.82, 2.24) is 15.5 Å². The summed E-state index contributed by atoms with van der Waals surface area (Å²) in [5.41, 5.74) is 1.10. The van der Waals surface area contributed by atoms with Gasteiger partial charge in [0.1, 0.15) is 0 Å². The van der Waals surface area contributed by atoms with Crippen molar-refractivity contribution in [3.63, 3.8) is 0 Å². The van der Waals surface area contributed by atoms with Crippen molar-refractivity contribution in [2.45, 2.75) is 25.2 Å². The van der Waals surface area contributed by atoms with Gasteiger partial charge in [-0.2, -0.15) is 4.98 Å². The Hall–Kier alpha value is -1.39. The predicted octanol–water partition coefficient (Wildman–Crippen LogP) is 2.78. The number of piperidine rings is 1. The predicted molar refractivity (Wildman–Crippen MR) is 73.4 cm³/mol. The molecule has 0 unspecified atom stereocenters. The fraction of sp³-hybridized carbons (Fsp3) is 0.429. The Morgan fingerprint density at radius 3 is 3.16 bits per heavy atom. The first-order valence-corrected chi connectivity index (χ1v) is 6.97. The molecule has 1 aliphatic rings. The van der Waals surface area contributed by atoms with Crippen molar-refractivity contribution in [3.8, 4) is 0 Å². The summed E-state index contributed by atoms with van der Waals surface area (Å²) < 4.78 is 5.37. The van der Waals surface area contributed by atoms with Gasteiger partial charge in [-0.15, -0.1) is 0 Å². The van der Waals surface area contributed by atoms with Crippen LogP contribution >= 0.6 is 11.6 Å². The lowest BCUT2D eigenvalue weighted by Crippen LogP contribution is -2.28. The molecule has 0 radical (unpaired) electrons. The molecular weight excluding hydrogens is 262 g/mol. The second kappa shape index (κ2) is 5.72. The van der Waals surface area contributed by atoms with Gasteiger partial charge in [0.25, 0.3) is 0 Å². The molecule has 1 fully saturated rings. The van der Waals surface area contributed by atoms with Crippen molar-refractivity contribution in [2.24, 2.45) is 0 Å². The van der Waals surface area contributed by atoms with Crippen molar-refractivity contribution in [2.75, 3.05) is 13.1 Å². The molecule has 1 atom stereocenters. The van der Waals surface area contributed by atoms with Gasteiger partial charge in [0.2, 0.25) is 5.89 Å². The second-order valence-corrected chi connectivity index (χ2v) is 5.34. The molecule has 2 heterocycles. The lowest BCUT2D eigenvalue weighted by molar-refractivity contribution is 0.320. The maximum atomic E-state index is 5.97. The maximum Gasteiger partial charge on any atom is 0.231 e. The summed E-state index contributed by atoms with van der Waals surface area (Å²) in [6, 6.07) is 7.74. The van der Waals surface area contributed by atoms with E-state index in [2.05, 4.69) is 15.5 Å². The average molecular weight is 278 g/mol. The number of halogens is 1. The quantitative estimate of drug-likeness (QED) is 0.937. The molecule has 0 spiro atoms. The van der Waals surface area contributed by atoms with Crippen LogP contribution in [-0.2, 0) is 6.42 Å². The zero-order valence-electron chi connectivity index (χ0n) is 10.6. The lowest BCUT2D eigenvalue weighted by atomic mass is 10.00. The molecule has 0 saturated carbocycles. The highest BCUT2D eigenvalue weighted by atomic mass is 35.5. The van der Waals surface area contributed by atoms with Crippen LogP contribution in [0.4, 0.5) is 0 Å². The zero-order chi connectivity index (χ0) is 13.1. The van der Waals surface area contributed by atoms with Gasteiger partial charge in [0.15, 0.2) is 5.82 Å². The number of nitrogens with one attached hydrogen (secondary N) is 1. The highest BCUT2D eigenvalue weighted by Gasteiger charge is 2.21. The minimum atomic E-state index is 0.356. The summed E-state index contributed by atoms with van der Waals surface area (Å²) in [7, 11) is 0. The van der Waals surface area contributed by atoms with E-state index in [0.29, 0.717) is 12.3 Å². The fourth-order valence-electron chi connectivity index (χ4n) is 2.40. The molecule has 0 bridgehead atoms. The molecule has 5 heteroatoms. The molecule has 19 heavy (non-hydrogen) atoms. The van der Waals surface area contributed by atoms with E-state index >= 15 is 0 Å². The molecule has 3 rings (SSSR count). The molecule has 1 saturated heterocycles. The summed E-state index contributed by atoms with van der Waals surface area (Å²) in [6.45, 7) is 2.01. The van der Waals surface area contributed by atoms with Gasteiger partial charge < -0.3 is 9.84 Å². The molecule has 0 amide bonds. The number of benzene rings is 1. The van der Waals surface area contributed by atoms with Gasteiger partial charge in [-0.1, -0.05) is 28.9 Å².